The van der Waals surface area contributed by atoms with Gasteiger partial charge in [0.25, 0.3) is 5.91 Å². The van der Waals surface area contributed by atoms with E-state index in [-0.39, 0.29) is 0 Å². The monoisotopic (exact) mass is 229 g/mol. The molecule has 0 N–H and O–H groups in total. The fourth-order valence-electron chi connectivity index (χ4n) is 0.788. The Bertz CT molecular complexity index is 220. The van der Waals surface area contributed by atoms with Gasteiger partial charge in [0.15, 0.2) is 6.10 Å². The highest BCUT2D eigenvalue weighted by Crippen LogP contribution is 2.23. The predicted octanol–water partition coefficient (Wildman–Crippen LogP) is 1.36. The van der Waals surface area contributed by atoms with Crippen molar-refractivity contribution in [1.82, 2.24) is 5.06 Å². The van der Waals surface area contributed by atoms with E-state index in [0.717, 1.165) is 12.0 Å². The van der Waals surface area contributed by atoms with Crippen LogP contribution < -0.4 is 0 Å². The number of amides is 1. The van der Waals surface area contributed by atoms with Gasteiger partial charge < -0.3 is 4.74 Å². The molecule has 0 aromatic carbocycles. The van der Waals surface area contributed by atoms with Crippen molar-refractivity contribution in [2.24, 2.45) is 0 Å². The van der Waals surface area contributed by atoms with Gasteiger partial charge in [-0.25, -0.2) is 5.06 Å². The van der Waals surface area contributed by atoms with Crippen LogP contribution in [0.15, 0.2) is 0 Å². The van der Waals surface area contributed by atoms with Crippen LogP contribution in [0.5, 0.6) is 0 Å². The summed E-state index contributed by atoms with van der Waals surface area (Å²) in [6, 6.07) is 0. The number of alkyl halides is 3. The molecule has 0 fully saturated rings. The lowest BCUT2D eigenvalue weighted by Gasteiger charge is -2.23. The topological polar surface area (TPSA) is 38.8 Å². The number of carbonyl (C=O) groups is 1. The second-order valence-electron chi connectivity index (χ2n) is 2.98. The van der Waals surface area contributed by atoms with Crippen molar-refractivity contribution in [3.63, 3.8) is 0 Å². The molecule has 0 saturated carbocycles. The molecule has 15 heavy (non-hydrogen) atoms. The fourth-order valence-corrected chi connectivity index (χ4v) is 0.788. The Morgan fingerprint density at radius 3 is 2.13 bits per heavy atom. The second-order valence-corrected chi connectivity index (χ2v) is 2.98. The normalized spacial score (nSPS) is 15.9. The lowest BCUT2D eigenvalue weighted by Crippen LogP contribution is -2.40. The van der Waals surface area contributed by atoms with E-state index in [0.29, 0.717) is 0 Å². The number of rotatable bonds is 4. The molecule has 0 radical (unpaired) electrons. The number of halogens is 3. The third-order valence-electron chi connectivity index (χ3n) is 1.80. The van der Waals surface area contributed by atoms with E-state index in [1.54, 1.807) is 0 Å². The van der Waals surface area contributed by atoms with Crippen LogP contribution in [0.25, 0.3) is 0 Å². The molecule has 1 amide bonds. The van der Waals surface area contributed by atoms with Crippen molar-refractivity contribution in [2.45, 2.75) is 32.2 Å². The van der Waals surface area contributed by atoms with Crippen LogP contribution in [0.4, 0.5) is 13.2 Å². The molecule has 0 heterocycles. The highest BCUT2D eigenvalue weighted by molar-refractivity contribution is 5.79. The molecule has 7 heteroatoms. The minimum Gasteiger partial charge on any atom is -0.356 e. The van der Waals surface area contributed by atoms with E-state index in [1.807, 2.05) is 0 Å². The van der Waals surface area contributed by atoms with Gasteiger partial charge in [-0.2, -0.15) is 13.2 Å². The van der Waals surface area contributed by atoms with Crippen LogP contribution in [-0.4, -0.2) is 43.5 Å². The summed E-state index contributed by atoms with van der Waals surface area (Å²) in [5, 5.41) is 0.813. The summed E-state index contributed by atoms with van der Waals surface area (Å²) in [5.74, 6) is -0.673. The highest BCUT2D eigenvalue weighted by Gasteiger charge is 2.39. The van der Waals surface area contributed by atoms with E-state index in [4.69, 9.17) is 0 Å². The Morgan fingerprint density at radius 2 is 1.80 bits per heavy atom. The van der Waals surface area contributed by atoms with E-state index >= 15 is 0 Å². The average molecular weight is 229 g/mol. The maximum absolute atomic E-state index is 12.1. The lowest BCUT2D eigenvalue weighted by atomic mass is 10.3. The van der Waals surface area contributed by atoms with Crippen LogP contribution in [-0.2, 0) is 14.4 Å². The highest BCUT2D eigenvalue weighted by atomic mass is 19.4. The maximum atomic E-state index is 12.1. The van der Waals surface area contributed by atoms with Crippen molar-refractivity contribution >= 4 is 5.91 Å². The largest absolute Gasteiger partial charge is 0.414 e. The minimum absolute atomic E-state index is 0.673. The summed E-state index contributed by atoms with van der Waals surface area (Å²) in [5.41, 5.74) is 0. The zero-order chi connectivity index (χ0) is 12.2. The minimum atomic E-state index is -4.47. The molecule has 90 valence electrons. The predicted molar refractivity (Wildman–Crippen MR) is 45.8 cm³/mol. The van der Waals surface area contributed by atoms with Gasteiger partial charge in [0.1, 0.15) is 6.10 Å². The van der Waals surface area contributed by atoms with Crippen LogP contribution in [0.3, 0.4) is 0 Å². The van der Waals surface area contributed by atoms with Crippen LogP contribution in [0.2, 0.25) is 0 Å². The maximum Gasteiger partial charge on any atom is 0.414 e. The van der Waals surface area contributed by atoms with Crippen molar-refractivity contribution < 1.29 is 27.5 Å². The van der Waals surface area contributed by atoms with Crippen LogP contribution >= 0.6 is 0 Å². The van der Waals surface area contributed by atoms with Crippen molar-refractivity contribution in [2.75, 3.05) is 14.2 Å². The quantitative estimate of drug-likeness (QED) is 0.683. The Balaban J connectivity index is 4.25. The van der Waals surface area contributed by atoms with Gasteiger partial charge in [0.2, 0.25) is 0 Å². The standard InChI is InChI=1S/C8H14F3NO3/c1-5(7(13)12(3)14-4)15-6(2)8(9,10)11/h5-6H,1-4H3/t5?,6-/m1/s1. The molecule has 0 aliphatic carbocycles. The first-order valence-corrected chi connectivity index (χ1v) is 4.24. The molecule has 2 atom stereocenters. The average Bonchev–Trinajstić information content (AvgIpc) is 2.13. The number of nitrogens with zero attached hydrogens (tertiary/aromatic N) is 1. The number of carbonyl (C=O) groups excluding carboxylic acids is 1. The number of likely N-dealkylation sites (N-methyl/N-ethyl adjacent to an activating group) is 1. The molecule has 0 rings (SSSR count). The summed E-state index contributed by atoms with van der Waals surface area (Å²) in [6.07, 6.45) is -7.66. The molecule has 0 aliphatic rings. The molecular formula is C8H14F3NO3. The molecule has 0 bridgehead atoms. The van der Waals surface area contributed by atoms with Crippen molar-refractivity contribution in [3.05, 3.63) is 0 Å². The zero-order valence-electron chi connectivity index (χ0n) is 8.96. The summed E-state index contributed by atoms with van der Waals surface area (Å²) < 4.78 is 40.7. The SMILES string of the molecule is CON(C)C(=O)C(C)O[C@H](C)C(F)(F)F. The van der Waals surface area contributed by atoms with Gasteiger partial charge in [-0.15, -0.1) is 0 Å². The van der Waals surface area contributed by atoms with Gasteiger partial charge >= 0.3 is 6.18 Å². The molecular weight excluding hydrogens is 215 g/mol. The summed E-state index contributed by atoms with van der Waals surface area (Å²) in [6.45, 7) is 2.08. The third kappa shape index (κ3) is 4.48. The van der Waals surface area contributed by atoms with Gasteiger partial charge in [-0.05, 0) is 13.8 Å². The first-order chi connectivity index (χ1) is 6.70. The molecule has 0 aromatic heterocycles. The summed E-state index contributed by atoms with van der Waals surface area (Å²) >= 11 is 0. The van der Waals surface area contributed by atoms with Gasteiger partial charge in [0, 0.05) is 7.05 Å². The molecule has 0 spiro atoms. The van der Waals surface area contributed by atoms with E-state index in [9.17, 15) is 18.0 Å². The third-order valence-corrected chi connectivity index (χ3v) is 1.80. The second kappa shape index (κ2) is 5.32. The van der Waals surface area contributed by atoms with Crippen LogP contribution in [0, 0.1) is 0 Å². The molecule has 0 saturated heterocycles. The van der Waals surface area contributed by atoms with Crippen LogP contribution in [0.1, 0.15) is 13.8 Å². The number of hydrogen-bond donors (Lipinski definition) is 0. The molecule has 1 unspecified atom stereocenters. The Kier molecular flexibility index (Phi) is 5.02. The van der Waals surface area contributed by atoms with Gasteiger partial charge in [-0.3, -0.25) is 9.63 Å². The van der Waals surface area contributed by atoms with Gasteiger partial charge in [0.05, 0.1) is 7.11 Å². The first-order valence-electron chi connectivity index (χ1n) is 4.24. The van der Waals surface area contributed by atoms with Crippen molar-refractivity contribution in [3.8, 4) is 0 Å². The number of hydrogen-bond acceptors (Lipinski definition) is 3. The van der Waals surface area contributed by atoms with E-state index < -0.39 is 24.3 Å². The zero-order valence-corrected chi connectivity index (χ0v) is 8.96. The summed E-state index contributed by atoms with van der Waals surface area (Å²) in [4.78, 5) is 15.8. The molecule has 0 aromatic rings. The Hall–Kier alpha value is -0.820. The Morgan fingerprint density at radius 1 is 1.33 bits per heavy atom. The fraction of sp³-hybridized carbons (Fsp3) is 0.875. The van der Waals surface area contributed by atoms with Gasteiger partial charge in [-0.1, -0.05) is 0 Å². The number of ether oxygens (including phenoxy) is 1. The summed E-state index contributed by atoms with van der Waals surface area (Å²) in [7, 11) is 2.53. The number of hydroxylamine groups is 2. The smallest absolute Gasteiger partial charge is 0.356 e. The molecule has 4 nitrogen and oxygen atoms in total. The van der Waals surface area contributed by atoms with Crippen molar-refractivity contribution in [1.29, 1.82) is 0 Å². The Labute approximate surface area is 85.9 Å². The first kappa shape index (κ1) is 14.2. The van der Waals surface area contributed by atoms with E-state index in [1.165, 1.54) is 21.1 Å². The molecule has 0 aliphatic heterocycles. The van der Waals surface area contributed by atoms with E-state index in [2.05, 4.69) is 9.57 Å². The lowest BCUT2D eigenvalue weighted by molar-refractivity contribution is -0.231.